The summed E-state index contributed by atoms with van der Waals surface area (Å²) in [5.41, 5.74) is 0.811. The fraction of sp³-hybridized carbons (Fsp3) is 0.286. The molecule has 0 N–H and O–H groups in total. The van der Waals surface area contributed by atoms with Crippen LogP contribution >= 0.6 is 0 Å². The summed E-state index contributed by atoms with van der Waals surface area (Å²) in [7, 11) is -3.67. The van der Waals surface area contributed by atoms with E-state index in [1.165, 1.54) is 35.9 Å². The molecule has 1 aliphatic rings. The SMILES string of the molecule is C=C(/N=C(\C=C/C)c1c(-c2ccc(F)cc2)c(=O)n2n1CC(OC(C)=O)C2)S(C)(=O)=O. The third-order valence-electron chi connectivity index (χ3n) is 4.69. The summed E-state index contributed by atoms with van der Waals surface area (Å²) < 4.78 is 45.5. The Bertz CT molecular complexity index is 1270. The summed E-state index contributed by atoms with van der Waals surface area (Å²) in [6, 6.07) is 5.40. The lowest BCUT2D eigenvalue weighted by Gasteiger charge is -2.12. The molecule has 164 valence electrons. The van der Waals surface area contributed by atoms with Gasteiger partial charge in [0.25, 0.3) is 5.56 Å². The number of aromatic nitrogens is 2. The molecule has 1 aromatic carbocycles. The Kier molecular flexibility index (Phi) is 6.12. The highest BCUT2D eigenvalue weighted by atomic mass is 32.2. The third-order valence-corrected chi connectivity index (χ3v) is 5.64. The summed E-state index contributed by atoms with van der Waals surface area (Å²) in [5, 5.41) is -0.367. The van der Waals surface area contributed by atoms with Crippen molar-refractivity contribution in [2.75, 3.05) is 6.26 Å². The lowest BCUT2D eigenvalue weighted by molar-refractivity contribution is -0.146. The number of allylic oxidation sites excluding steroid dienone is 2. The van der Waals surface area contributed by atoms with Gasteiger partial charge < -0.3 is 4.74 Å². The zero-order chi connectivity index (χ0) is 22.9. The van der Waals surface area contributed by atoms with Gasteiger partial charge in [-0.1, -0.05) is 24.8 Å². The third kappa shape index (κ3) is 4.58. The van der Waals surface area contributed by atoms with Crippen molar-refractivity contribution >= 4 is 21.5 Å². The second kappa shape index (κ2) is 8.46. The minimum atomic E-state index is -3.67. The number of ether oxygens (including phenoxy) is 1. The monoisotopic (exact) mass is 447 g/mol. The van der Waals surface area contributed by atoms with E-state index in [0.717, 1.165) is 6.26 Å². The van der Waals surface area contributed by atoms with Gasteiger partial charge >= 0.3 is 5.97 Å². The number of aliphatic imine (C=N–C) groups is 1. The number of hydrogen-bond donors (Lipinski definition) is 0. The molecule has 0 amide bonds. The number of carbonyl (C=O) groups excluding carboxylic acids is 1. The maximum absolute atomic E-state index is 13.5. The van der Waals surface area contributed by atoms with Crippen LogP contribution in [0.25, 0.3) is 11.1 Å². The van der Waals surface area contributed by atoms with Gasteiger partial charge in [0.2, 0.25) is 0 Å². The molecule has 8 nitrogen and oxygen atoms in total. The Balaban J connectivity index is 2.28. The van der Waals surface area contributed by atoms with Crippen LogP contribution in [0.15, 0.2) is 57.8 Å². The average molecular weight is 447 g/mol. The molecule has 3 rings (SSSR count). The van der Waals surface area contributed by atoms with E-state index in [9.17, 15) is 22.4 Å². The molecule has 1 atom stereocenters. The van der Waals surface area contributed by atoms with E-state index in [-0.39, 0.29) is 29.4 Å². The van der Waals surface area contributed by atoms with Crippen LogP contribution in [-0.4, -0.2) is 41.8 Å². The predicted molar refractivity (Wildman–Crippen MR) is 115 cm³/mol. The molecule has 1 aromatic heterocycles. The quantitative estimate of drug-likeness (QED) is 0.500. The smallest absolute Gasteiger partial charge is 0.303 e. The van der Waals surface area contributed by atoms with Crippen molar-refractivity contribution in [2.24, 2.45) is 4.99 Å². The van der Waals surface area contributed by atoms with Crippen LogP contribution in [0.2, 0.25) is 0 Å². The van der Waals surface area contributed by atoms with Crippen molar-refractivity contribution < 1.29 is 22.3 Å². The molecular weight excluding hydrogens is 425 g/mol. The van der Waals surface area contributed by atoms with Gasteiger partial charge in [-0.2, -0.15) is 0 Å². The second-order valence-corrected chi connectivity index (χ2v) is 9.11. The number of fused-ring (bicyclic) bond motifs is 1. The number of sulfone groups is 1. The first-order chi connectivity index (χ1) is 14.5. The van der Waals surface area contributed by atoms with E-state index in [1.807, 2.05) is 0 Å². The van der Waals surface area contributed by atoms with Crippen LogP contribution in [0.1, 0.15) is 19.5 Å². The Morgan fingerprint density at radius 2 is 1.87 bits per heavy atom. The van der Waals surface area contributed by atoms with Crippen molar-refractivity contribution in [3.8, 4) is 11.1 Å². The lowest BCUT2D eigenvalue weighted by Crippen LogP contribution is -2.22. The van der Waals surface area contributed by atoms with Crippen LogP contribution in [0.5, 0.6) is 0 Å². The summed E-state index contributed by atoms with van der Waals surface area (Å²) in [4.78, 5) is 28.8. The van der Waals surface area contributed by atoms with Crippen molar-refractivity contribution in [3.05, 3.63) is 69.9 Å². The van der Waals surface area contributed by atoms with Crippen molar-refractivity contribution in [1.82, 2.24) is 9.36 Å². The Hall–Kier alpha value is -3.27. The van der Waals surface area contributed by atoms with Crippen LogP contribution < -0.4 is 5.56 Å². The molecule has 0 spiro atoms. The number of rotatable bonds is 6. The molecule has 0 radical (unpaired) electrons. The maximum atomic E-state index is 13.5. The highest BCUT2D eigenvalue weighted by Crippen LogP contribution is 2.27. The summed E-state index contributed by atoms with van der Waals surface area (Å²) in [5.74, 6) is -0.934. The average Bonchev–Trinajstić information content (AvgIpc) is 3.18. The maximum Gasteiger partial charge on any atom is 0.303 e. The summed E-state index contributed by atoms with van der Waals surface area (Å²) in [6.45, 7) is 6.82. The largest absolute Gasteiger partial charge is 0.459 e. The molecule has 0 saturated heterocycles. The second-order valence-electron chi connectivity index (χ2n) is 7.09. The van der Waals surface area contributed by atoms with Gasteiger partial charge in [0, 0.05) is 13.2 Å². The van der Waals surface area contributed by atoms with Gasteiger partial charge in [-0.15, -0.1) is 0 Å². The summed E-state index contributed by atoms with van der Waals surface area (Å²) >= 11 is 0. The molecule has 1 unspecified atom stereocenters. The molecule has 0 fully saturated rings. The van der Waals surface area contributed by atoms with Crippen molar-refractivity contribution in [2.45, 2.75) is 33.0 Å². The molecule has 0 aliphatic carbocycles. The molecule has 31 heavy (non-hydrogen) atoms. The van der Waals surface area contributed by atoms with Crippen LogP contribution in [0, 0.1) is 5.82 Å². The van der Waals surface area contributed by atoms with E-state index >= 15 is 0 Å². The minimum absolute atomic E-state index is 0.128. The van der Waals surface area contributed by atoms with Gasteiger partial charge in [-0.25, -0.2) is 22.5 Å². The first-order valence-corrected chi connectivity index (χ1v) is 11.3. The molecular formula is C21H22FN3O5S. The molecule has 2 heterocycles. The van der Waals surface area contributed by atoms with Gasteiger partial charge in [0.05, 0.1) is 30.1 Å². The van der Waals surface area contributed by atoms with Crippen LogP contribution in [0.4, 0.5) is 4.39 Å². The predicted octanol–water partition coefficient (Wildman–Crippen LogP) is 2.28. The van der Waals surface area contributed by atoms with E-state index in [0.29, 0.717) is 11.3 Å². The number of nitrogens with zero attached hydrogens (tertiary/aromatic N) is 3. The topological polar surface area (TPSA) is 99.7 Å². The standard InChI is InChI=1S/C21H22FN3O5S/c1-5-6-18(23-13(2)31(4,28)29)20-19(15-7-9-16(22)10-8-15)21(27)25-12-17(11-24(20)25)30-14(3)26/h5-10,17H,2,11-12H2,1,3-4H3/b6-5-,23-18+. The first kappa shape index (κ1) is 22.4. The highest BCUT2D eigenvalue weighted by Gasteiger charge is 2.32. The van der Waals surface area contributed by atoms with Gasteiger partial charge in [-0.05, 0) is 30.7 Å². The van der Waals surface area contributed by atoms with Gasteiger partial charge in [-0.3, -0.25) is 14.3 Å². The molecule has 0 bridgehead atoms. The Morgan fingerprint density at radius 1 is 1.26 bits per heavy atom. The van der Waals surface area contributed by atoms with Crippen molar-refractivity contribution in [3.63, 3.8) is 0 Å². The lowest BCUT2D eigenvalue weighted by atomic mass is 10.0. The number of carbonyl (C=O) groups is 1. The fourth-order valence-corrected chi connectivity index (χ4v) is 3.66. The van der Waals surface area contributed by atoms with Gasteiger partial charge in [0.15, 0.2) is 9.84 Å². The molecule has 2 aromatic rings. The zero-order valence-electron chi connectivity index (χ0n) is 17.3. The number of benzene rings is 1. The number of hydrogen-bond acceptors (Lipinski definition) is 6. The fourth-order valence-electron chi connectivity index (χ4n) is 3.40. The normalized spacial score (nSPS) is 16.5. The molecule has 0 saturated carbocycles. The van der Waals surface area contributed by atoms with E-state index in [4.69, 9.17) is 4.74 Å². The number of halogens is 1. The first-order valence-electron chi connectivity index (χ1n) is 9.40. The molecule has 10 heteroatoms. The summed E-state index contributed by atoms with van der Waals surface area (Å²) in [6.07, 6.45) is 3.64. The van der Waals surface area contributed by atoms with Crippen LogP contribution in [0.3, 0.4) is 0 Å². The minimum Gasteiger partial charge on any atom is -0.459 e. The molecule has 1 aliphatic heterocycles. The highest BCUT2D eigenvalue weighted by molar-refractivity contribution is 7.94. The number of esters is 1. The van der Waals surface area contributed by atoms with Gasteiger partial charge in [0.1, 0.15) is 17.0 Å². The zero-order valence-corrected chi connectivity index (χ0v) is 18.1. The van der Waals surface area contributed by atoms with Crippen LogP contribution in [-0.2, 0) is 32.5 Å². The van der Waals surface area contributed by atoms with E-state index in [2.05, 4.69) is 11.6 Å². The Labute approximate surface area is 178 Å². The van der Waals surface area contributed by atoms with E-state index in [1.54, 1.807) is 23.8 Å². The van der Waals surface area contributed by atoms with E-state index < -0.39 is 33.3 Å². The van der Waals surface area contributed by atoms with Crippen molar-refractivity contribution in [1.29, 1.82) is 0 Å². The Morgan fingerprint density at radius 3 is 2.42 bits per heavy atom.